The van der Waals surface area contributed by atoms with Gasteiger partial charge in [0.15, 0.2) is 0 Å². The molecule has 0 spiro atoms. The van der Waals surface area contributed by atoms with Crippen LogP contribution in [0, 0.1) is 0 Å². The number of ether oxygens (including phenoxy) is 4. The zero-order valence-corrected chi connectivity index (χ0v) is 34.3. The van der Waals surface area contributed by atoms with Crippen LogP contribution in [0.15, 0.2) is 92.8 Å². The molecule has 0 aliphatic heterocycles. The van der Waals surface area contributed by atoms with Crippen LogP contribution in [0.25, 0.3) is 0 Å². The maximum Gasteiger partial charge on any atom is 2.00 e. The predicted octanol–water partition coefficient (Wildman–Crippen LogP) is 6.53. The van der Waals surface area contributed by atoms with Crippen LogP contribution in [-0.4, -0.2) is 79.5 Å². The SMILES string of the molecule is COc1cccc(C=NCCN=Cc2cccc(OC)c2[O-])c1[O-].COc1cccc(C=NCCN=Cc2cccc(OC)c2[O-])c1[O-].F[P-](F)(F)(F)(F)F.[NH4+].[Ni+2].[Ni+2]. The Balaban J connectivity index is 0. The number of quaternary nitrogens is 1. The van der Waals surface area contributed by atoms with E-state index in [1.165, 1.54) is 53.3 Å². The van der Waals surface area contributed by atoms with Crippen LogP contribution >= 0.6 is 7.81 Å². The number of benzene rings is 4. The zero-order chi connectivity index (χ0) is 41.1. The predicted molar refractivity (Wildman–Crippen MR) is 199 cm³/mol. The molecule has 0 fully saturated rings. The molecule has 4 N–H and O–H groups in total. The Labute approximate surface area is 350 Å². The number of methoxy groups -OCH3 is 4. The fourth-order valence-electron chi connectivity index (χ4n) is 4.06. The van der Waals surface area contributed by atoms with Gasteiger partial charge in [0.1, 0.15) is 23.0 Å². The third-order valence-electron chi connectivity index (χ3n) is 6.55. The number of halogens is 6. The molecule has 4 aromatic carbocycles. The van der Waals surface area contributed by atoms with Gasteiger partial charge < -0.3 is 45.5 Å². The van der Waals surface area contributed by atoms with E-state index in [0.29, 0.717) is 48.4 Å². The van der Waals surface area contributed by atoms with Crippen LogP contribution in [0.2, 0.25) is 0 Å². The summed E-state index contributed by atoms with van der Waals surface area (Å²) in [6, 6.07) is 20.1. The van der Waals surface area contributed by atoms with Crippen LogP contribution in [0.3, 0.4) is 0 Å². The smallest absolute Gasteiger partial charge is 0.369 e. The normalized spacial score (nSPS) is 12.1. The molecule has 0 saturated heterocycles. The summed E-state index contributed by atoms with van der Waals surface area (Å²) in [6.45, 7) is 1.63. The van der Waals surface area contributed by atoms with Gasteiger partial charge in [-0.05, 0) is 46.5 Å². The van der Waals surface area contributed by atoms with Gasteiger partial charge in [-0.15, -0.1) is 0 Å². The minimum absolute atomic E-state index is 0. The number of nitrogens with zero attached hydrogens (tertiary/aromatic N) is 4. The minimum atomic E-state index is -10.7. The summed E-state index contributed by atoms with van der Waals surface area (Å²) < 4.78 is 79.1. The van der Waals surface area contributed by atoms with Gasteiger partial charge >= 0.3 is 66.0 Å². The van der Waals surface area contributed by atoms with Gasteiger partial charge in [0, 0.05) is 24.9 Å². The molecule has 0 bridgehead atoms. The Bertz CT molecular complexity index is 1730. The molecule has 4 rings (SSSR count). The third kappa shape index (κ3) is 21.4. The van der Waals surface area contributed by atoms with Crippen LogP contribution in [0.5, 0.6) is 46.0 Å². The standard InChI is InChI=1S/2C18H20N2O4.F6P.H3N.2Ni/c2*1-23-15-7-3-5-13(17(15)21)11-19-9-10-20-12-14-6-4-8-16(24-2)18(14)22;1-7(2,3,4,5)6;;;/h2*3-8,11-12,21-22H,9-10H2,1-2H3;;1H3;;/q;;-1;;2*+2/p-3. The molecular formula is C36H40F6N5Ni2O8P. The van der Waals surface area contributed by atoms with Crippen LogP contribution in [-0.2, 0) is 33.0 Å². The zero-order valence-electron chi connectivity index (χ0n) is 31.5. The van der Waals surface area contributed by atoms with Gasteiger partial charge in [-0.25, -0.2) is 0 Å². The van der Waals surface area contributed by atoms with Crippen LogP contribution < -0.4 is 45.5 Å². The molecule has 0 aliphatic rings. The van der Waals surface area contributed by atoms with Gasteiger partial charge in [0.2, 0.25) is 0 Å². The molecule has 13 nitrogen and oxygen atoms in total. The topological polar surface area (TPSA) is 215 Å². The summed E-state index contributed by atoms with van der Waals surface area (Å²) in [7, 11) is -4.84. The van der Waals surface area contributed by atoms with Crippen molar-refractivity contribution < 1.29 is 97.5 Å². The quantitative estimate of drug-likeness (QED) is 0.0481. The summed E-state index contributed by atoms with van der Waals surface area (Å²) in [6.07, 6.45) is 6.02. The molecule has 4 aromatic rings. The Morgan fingerprint density at radius 2 is 0.603 bits per heavy atom. The van der Waals surface area contributed by atoms with Gasteiger partial charge in [0.25, 0.3) is 0 Å². The molecule has 0 atom stereocenters. The van der Waals surface area contributed by atoms with Gasteiger partial charge in [-0.3, -0.25) is 20.0 Å². The van der Waals surface area contributed by atoms with E-state index >= 15 is 0 Å². The number of aliphatic imine (C=N–C) groups is 4. The molecular weight excluding hydrogens is 893 g/mol. The first-order chi connectivity index (χ1) is 25.8. The van der Waals surface area contributed by atoms with E-state index < -0.39 is 7.81 Å². The van der Waals surface area contributed by atoms with Crippen molar-refractivity contribution in [2.75, 3.05) is 54.6 Å². The fourth-order valence-corrected chi connectivity index (χ4v) is 4.06. The molecule has 58 heavy (non-hydrogen) atoms. The largest absolute Gasteiger partial charge is 2.00 e. The van der Waals surface area contributed by atoms with E-state index in [4.69, 9.17) is 18.9 Å². The molecule has 0 radical (unpaired) electrons. The first-order valence-corrected chi connectivity index (χ1v) is 17.7. The summed E-state index contributed by atoms with van der Waals surface area (Å²) in [5.41, 5.74) is 1.86. The number of para-hydroxylation sites is 4. The maximum absolute atomic E-state index is 11.9. The number of hydrogen-bond donors (Lipinski definition) is 1. The van der Waals surface area contributed by atoms with Crippen molar-refractivity contribution in [3.8, 4) is 46.0 Å². The fraction of sp³-hybridized carbons (Fsp3) is 0.222. The van der Waals surface area contributed by atoms with E-state index in [0.717, 1.165) is 0 Å². The monoisotopic (exact) mass is 931 g/mol. The summed E-state index contributed by atoms with van der Waals surface area (Å²) >= 11 is 0. The van der Waals surface area contributed by atoms with Crippen molar-refractivity contribution in [2.45, 2.75) is 0 Å². The molecule has 0 amide bonds. The Morgan fingerprint density at radius 1 is 0.431 bits per heavy atom. The first-order valence-electron chi connectivity index (χ1n) is 15.7. The van der Waals surface area contributed by atoms with Gasteiger partial charge in [0.05, 0.1) is 54.6 Å². The van der Waals surface area contributed by atoms with E-state index in [1.54, 1.807) is 72.8 Å². The summed E-state index contributed by atoms with van der Waals surface area (Å²) in [5, 5.41) is 47.6. The average Bonchev–Trinajstić information content (AvgIpc) is 3.12. The van der Waals surface area contributed by atoms with E-state index in [2.05, 4.69) is 20.0 Å². The Kier molecular flexibility index (Phi) is 23.4. The van der Waals surface area contributed by atoms with Gasteiger partial charge in [-0.1, -0.05) is 71.5 Å². The maximum atomic E-state index is 11.9. The van der Waals surface area contributed by atoms with E-state index in [1.807, 2.05) is 0 Å². The molecule has 0 aromatic heterocycles. The first kappa shape index (κ1) is 55.0. The minimum Gasteiger partial charge on any atom is -0.369 e. The second kappa shape index (κ2) is 24.6. The number of rotatable bonds is 14. The van der Waals surface area contributed by atoms with E-state index in [-0.39, 0.29) is 85.1 Å². The van der Waals surface area contributed by atoms with Crippen molar-refractivity contribution in [1.82, 2.24) is 6.15 Å². The van der Waals surface area contributed by atoms with Crippen molar-refractivity contribution in [3.63, 3.8) is 0 Å². The van der Waals surface area contributed by atoms with Crippen molar-refractivity contribution in [3.05, 3.63) is 95.1 Å². The molecule has 22 heteroatoms. The molecule has 0 heterocycles. The van der Waals surface area contributed by atoms with Crippen LogP contribution in [0.4, 0.5) is 25.2 Å². The summed E-state index contributed by atoms with van der Waals surface area (Å²) in [5.74, 6) is 0.380. The Hall–Kier alpha value is -5.08. The summed E-state index contributed by atoms with van der Waals surface area (Å²) in [4.78, 5) is 16.7. The average molecular weight is 933 g/mol. The molecule has 0 saturated carbocycles. The van der Waals surface area contributed by atoms with Crippen LogP contribution in [0.1, 0.15) is 22.3 Å². The van der Waals surface area contributed by atoms with Crippen molar-refractivity contribution >= 4 is 32.7 Å². The molecule has 0 aliphatic carbocycles. The third-order valence-corrected chi connectivity index (χ3v) is 6.55. The Morgan fingerprint density at radius 3 is 0.759 bits per heavy atom. The number of hydrogen-bond acceptors (Lipinski definition) is 12. The van der Waals surface area contributed by atoms with E-state index in [9.17, 15) is 45.6 Å². The molecule has 0 unspecified atom stereocenters. The van der Waals surface area contributed by atoms with Crippen molar-refractivity contribution in [2.24, 2.45) is 20.0 Å². The van der Waals surface area contributed by atoms with Crippen molar-refractivity contribution in [1.29, 1.82) is 0 Å². The second-order valence-corrected chi connectivity index (χ2v) is 12.5. The van der Waals surface area contributed by atoms with Gasteiger partial charge in [-0.2, -0.15) is 0 Å². The molecule has 324 valence electrons. The second-order valence-electron chi connectivity index (χ2n) is 10.6.